The lowest BCUT2D eigenvalue weighted by atomic mass is 9.91. The minimum Gasteiger partial charge on any atom is -0.481 e. The van der Waals surface area contributed by atoms with Gasteiger partial charge in [0.05, 0.1) is 12.1 Å². The molecule has 17 heavy (non-hydrogen) atoms. The van der Waals surface area contributed by atoms with Crippen molar-refractivity contribution in [1.29, 1.82) is 0 Å². The summed E-state index contributed by atoms with van der Waals surface area (Å²) in [6.07, 6.45) is 3.31. The van der Waals surface area contributed by atoms with E-state index in [0.29, 0.717) is 5.92 Å². The third-order valence-corrected chi connectivity index (χ3v) is 4.24. The van der Waals surface area contributed by atoms with Crippen molar-refractivity contribution >= 4 is 22.3 Å². The van der Waals surface area contributed by atoms with Gasteiger partial charge >= 0.3 is 5.97 Å². The van der Waals surface area contributed by atoms with E-state index in [9.17, 15) is 4.79 Å². The monoisotopic (exact) mass is 250 g/mol. The van der Waals surface area contributed by atoms with E-state index in [-0.39, 0.29) is 6.42 Å². The second-order valence-corrected chi connectivity index (χ2v) is 5.61. The van der Waals surface area contributed by atoms with E-state index >= 15 is 0 Å². The lowest BCUT2D eigenvalue weighted by Crippen LogP contribution is -2.14. The fourth-order valence-electron chi connectivity index (χ4n) is 2.52. The Labute approximate surface area is 103 Å². The molecule has 3 rings (SSSR count). The Bertz CT molecular complexity index is 585. The Morgan fingerprint density at radius 2 is 2.53 bits per heavy atom. The molecule has 0 aromatic carbocycles. The summed E-state index contributed by atoms with van der Waals surface area (Å²) in [4.78, 5) is 16.4. The van der Waals surface area contributed by atoms with Crippen molar-refractivity contribution in [3.63, 3.8) is 0 Å². The van der Waals surface area contributed by atoms with Crippen LogP contribution in [0, 0.1) is 5.92 Å². The second-order valence-electron chi connectivity index (χ2n) is 4.77. The molecular formula is C12H14N2O2S. The maximum absolute atomic E-state index is 10.8. The van der Waals surface area contributed by atoms with Crippen molar-refractivity contribution in [2.75, 3.05) is 0 Å². The number of fused-ring (bicyclic) bond motifs is 3. The van der Waals surface area contributed by atoms with Crippen LogP contribution in [0.4, 0.5) is 0 Å². The summed E-state index contributed by atoms with van der Waals surface area (Å²) < 4.78 is 2.06. The molecule has 0 saturated heterocycles. The number of nitrogens with zero attached hydrogens (tertiary/aromatic N) is 2. The molecule has 0 radical (unpaired) electrons. The predicted molar refractivity (Wildman–Crippen MR) is 65.6 cm³/mol. The minimum atomic E-state index is -0.781. The molecule has 2 heterocycles. The molecule has 0 saturated carbocycles. The van der Waals surface area contributed by atoms with Crippen LogP contribution in [0.25, 0.3) is 4.96 Å². The number of aryl methyl sites for hydroxylation is 1. The van der Waals surface area contributed by atoms with E-state index in [2.05, 4.69) is 16.3 Å². The fraction of sp³-hybridized carbons (Fsp3) is 0.500. The lowest BCUT2D eigenvalue weighted by Gasteiger charge is -2.17. The van der Waals surface area contributed by atoms with E-state index in [1.165, 1.54) is 29.1 Å². The summed E-state index contributed by atoms with van der Waals surface area (Å²) in [5.41, 5.74) is 3.26. The zero-order valence-electron chi connectivity index (χ0n) is 9.64. The summed E-state index contributed by atoms with van der Waals surface area (Å²) >= 11 is 1.54. The summed E-state index contributed by atoms with van der Waals surface area (Å²) in [7, 11) is 0. The van der Waals surface area contributed by atoms with Gasteiger partial charge in [-0.2, -0.15) is 0 Å². The van der Waals surface area contributed by atoms with Gasteiger partial charge in [0.2, 0.25) is 0 Å². The smallest absolute Gasteiger partial charge is 0.309 e. The number of aromatic nitrogens is 2. The van der Waals surface area contributed by atoms with Crippen molar-refractivity contribution in [3.05, 3.63) is 22.5 Å². The first-order valence-corrected chi connectivity index (χ1v) is 6.71. The standard InChI is InChI=1S/C12H14N2O2S/c1-7-2-3-9-10(4-7)14-8(5-11(15)16)6-17-12(14)13-9/h6-7H,2-5H2,1H3,(H,15,16). The third-order valence-electron chi connectivity index (χ3n) is 3.36. The Balaban J connectivity index is 2.13. The van der Waals surface area contributed by atoms with Crippen LogP contribution in [0.5, 0.6) is 0 Å². The van der Waals surface area contributed by atoms with Gasteiger partial charge in [-0.15, -0.1) is 11.3 Å². The zero-order chi connectivity index (χ0) is 12.0. The van der Waals surface area contributed by atoms with Crippen molar-refractivity contribution in [3.8, 4) is 0 Å². The Hall–Kier alpha value is -1.36. The number of hydrogen-bond donors (Lipinski definition) is 1. The molecular weight excluding hydrogens is 236 g/mol. The van der Waals surface area contributed by atoms with Crippen molar-refractivity contribution < 1.29 is 9.90 Å². The van der Waals surface area contributed by atoms with Crippen LogP contribution in [0.2, 0.25) is 0 Å². The Kier molecular flexibility index (Phi) is 2.43. The van der Waals surface area contributed by atoms with E-state index in [1.807, 2.05) is 5.38 Å². The molecule has 1 atom stereocenters. The van der Waals surface area contributed by atoms with E-state index < -0.39 is 5.97 Å². The summed E-state index contributed by atoms with van der Waals surface area (Å²) in [5.74, 6) is -0.115. The van der Waals surface area contributed by atoms with Crippen LogP contribution in [-0.4, -0.2) is 20.5 Å². The molecule has 0 spiro atoms. The van der Waals surface area contributed by atoms with Gasteiger partial charge in [-0.25, -0.2) is 4.98 Å². The van der Waals surface area contributed by atoms with Gasteiger partial charge in [0, 0.05) is 16.8 Å². The zero-order valence-corrected chi connectivity index (χ0v) is 10.5. The average Bonchev–Trinajstić information content (AvgIpc) is 2.78. The first kappa shape index (κ1) is 10.8. The van der Waals surface area contributed by atoms with Gasteiger partial charge in [-0.3, -0.25) is 9.20 Å². The van der Waals surface area contributed by atoms with E-state index in [1.54, 1.807) is 0 Å². The molecule has 0 aliphatic heterocycles. The fourth-order valence-corrected chi connectivity index (χ4v) is 3.45. The van der Waals surface area contributed by atoms with Gasteiger partial charge in [0.15, 0.2) is 4.96 Å². The number of aliphatic carboxylic acids is 1. The third kappa shape index (κ3) is 1.74. The molecule has 0 amide bonds. The molecule has 90 valence electrons. The Morgan fingerprint density at radius 1 is 1.71 bits per heavy atom. The average molecular weight is 250 g/mol. The highest BCUT2D eigenvalue weighted by atomic mass is 32.1. The van der Waals surface area contributed by atoms with Crippen LogP contribution >= 0.6 is 11.3 Å². The lowest BCUT2D eigenvalue weighted by molar-refractivity contribution is -0.136. The largest absolute Gasteiger partial charge is 0.481 e. The van der Waals surface area contributed by atoms with Crippen molar-refractivity contribution in [2.45, 2.75) is 32.6 Å². The van der Waals surface area contributed by atoms with Crippen molar-refractivity contribution in [1.82, 2.24) is 9.38 Å². The van der Waals surface area contributed by atoms with Crippen LogP contribution in [0.3, 0.4) is 0 Å². The van der Waals surface area contributed by atoms with Crippen LogP contribution in [0.15, 0.2) is 5.38 Å². The molecule has 1 unspecified atom stereocenters. The van der Waals surface area contributed by atoms with E-state index in [4.69, 9.17) is 5.11 Å². The maximum Gasteiger partial charge on any atom is 0.309 e. The molecule has 2 aromatic rings. The molecule has 1 aliphatic rings. The number of imidazole rings is 1. The van der Waals surface area contributed by atoms with Gasteiger partial charge in [0.1, 0.15) is 0 Å². The van der Waals surface area contributed by atoms with Gasteiger partial charge in [-0.1, -0.05) is 6.92 Å². The van der Waals surface area contributed by atoms with Gasteiger partial charge < -0.3 is 5.11 Å². The number of carboxylic acid groups (broad SMARTS) is 1. The molecule has 4 nitrogen and oxygen atoms in total. The molecule has 0 fully saturated rings. The normalized spacial score (nSPS) is 19.5. The summed E-state index contributed by atoms with van der Waals surface area (Å²) in [6.45, 7) is 2.24. The SMILES string of the molecule is CC1CCc2nc3scc(CC(=O)O)n3c2C1. The maximum atomic E-state index is 10.8. The van der Waals surface area contributed by atoms with Crippen LogP contribution < -0.4 is 0 Å². The number of rotatable bonds is 2. The van der Waals surface area contributed by atoms with E-state index in [0.717, 1.165) is 23.5 Å². The molecule has 1 aliphatic carbocycles. The quantitative estimate of drug-likeness (QED) is 0.888. The minimum absolute atomic E-state index is 0.0805. The van der Waals surface area contributed by atoms with Crippen LogP contribution in [0.1, 0.15) is 30.4 Å². The first-order valence-electron chi connectivity index (χ1n) is 5.83. The highest BCUT2D eigenvalue weighted by Gasteiger charge is 2.23. The summed E-state index contributed by atoms with van der Waals surface area (Å²) in [5, 5.41) is 10.8. The number of thiazole rings is 1. The molecule has 5 heteroatoms. The molecule has 2 aromatic heterocycles. The molecule has 0 bridgehead atoms. The second kappa shape index (κ2) is 3.84. The predicted octanol–water partition coefficient (Wildman–Crippen LogP) is 2.15. The number of carbonyl (C=O) groups is 1. The van der Waals surface area contributed by atoms with Gasteiger partial charge in [0.25, 0.3) is 0 Å². The van der Waals surface area contributed by atoms with Gasteiger partial charge in [-0.05, 0) is 25.2 Å². The highest BCUT2D eigenvalue weighted by Crippen LogP contribution is 2.29. The highest BCUT2D eigenvalue weighted by molar-refractivity contribution is 7.15. The first-order chi connectivity index (χ1) is 8.15. The molecule has 1 N–H and O–H groups in total. The topological polar surface area (TPSA) is 54.6 Å². The number of carboxylic acids is 1. The Morgan fingerprint density at radius 3 is 3.29 bits per heavy atom. The van der Waals surface area contributed by atoms with Crippen LogP contribution in [-0.2, 0) is 24.1 Å². The number of hydrogen-bond acceptors (Lipinski definition) is 3. The van der Waals surface area contributed by atoms with Crippen molar-refractivity contribution in [2.24, 2.45) is 5.92 Å². The summed E-state index contributed by atoms with van der Waals surface area (Å²) in [6, 6.07) is 0.